The van der Waals surface area contributed by atoms with Crippen LogP contribution in [0.25, 0.3) is 0 Å². The molecular formula is C12H23NO3. The summed E-state index contributed by atoms with van der Waals surface area (Å²) in [6.07, 6.45) is 5.28. The zero-order chi connectivity index (χ0) is 12.0. The Morgan fingerprint density at radius 2 is 1.62 bits per heavy atom. The first-order valence-electron chi connectivity index (χ1n) is 6.15. The van der Waals surface area contributed by atoms with Crippen LogP contribution in [0.15, 0.2) is 0 Å². The maximum atomic E-state index is 12.3. The molecule has 1 aliphatic carbocycles. The lowest BCUT2D eigenvalue weighted by Gasteiger charge is -2.36. The number of aliphatic hydroxyl groups is 2. The van der Waals surface area contributed by atoms with Gasteiger partial charge in [0.1, 0.15) is 0 Å². The third-order valence-corrected chi connectivity index (χ3v) is 3.50. The summed E-state index contributed by atoms with van der Waals surface area (Å²) in [6, 6.07) is 0. The molecule has 2 N–H and O–H groups in total. The fraction of sp³-hybridized carbons (Fsp3) is 0.917. The molecule has 4 heteroatoms. The number of carbonyl (C=O) groups excluding carboxylic acids is 1. The van der Waals surface area contributed by atoms with E-state index in [9.17, 15) is 4.79 Å². The van der Waals surface area contributed by atoms with Gasteiger partial charge in [0, 0.05) is 18.5 Å². The summed E-state index contributed by atoms with van der Waals surface area (Å²) in [5.74, 6) is 0.0929. The third-order valence-electron chi connectivity index (χ3n) is 3.50. The summed E-state index contributed by atoms with van der Waals surface area (Å²) in [5.41, 5.74) is -0.275. The van der Waals surface area contributed by atoms with Crippen molar-refractivity contribution >= 4 is 5.91 Å². The van der Waals surface area contributed by atoms with Gasteiger partial charge in [-0.1, -0.05) is 26.2 Å². The molecule has 0 saturated heterocycles. The lowest BCUT2D eigenvalue weighted by Crippen LogP contribution is -2.45. The first-order valence-corrected chi connectivity index (χ1v) is 6.15. The molecule has 1 amide bonds. The summed E-state index contributed by atoms with van der Waals surface area (Å²) in [7, 11) is 0. The minimum absolute atomic E-state index is 0.0399. The van der Waals surface area contributed by atoms with Gasteiger partial charge in [0.05, 0.1) is 13.2 Å². The van der Waals surface area contributed by atoms with Gasteiger partial charge in [-0.2, -0.15) is 0 Å². The van der Waals surface area contributed by atoms with Crippen LogP contribution in [0.5, 0.6) is 0 Å². The molecule has 0 aromatic carbocycles. The van der Waals surface area contributed by atoms with E-state index in [2.05, 4.69) is 0 Å². The first-order chi connectivity index (χ1) is 7.64. The molecule has 4 nitrogen and oxygen atoms in total. The Balaban J connectivity index is 2.63. The highest BCUT2D eigenvalue weighted by Crippen LogP contribution is 2.37. The molecule has 16 heavy (non-hydrogen) atoms. The fourth-order valence-electron chi connectivity index (χ4n) is 2.48. The summed E-state index contributed by atoms with van der Waals surface area (Å²) >= 11 is 0. The second kappa shape index (κ2) is 6.21. The van der Waals surface area contributed by atoms with Crippen LogP contribution in [-0.2, 0) is 4.79 Å². The highest BCUT2D eigenvalue weighted by Gasteiger charge is 2.37. The highest BCUT2D eigenvalue weighted by atomic mass is 16.3. The van der Waals surface area contributed by atoms with Crippen molar-refractivity contribution in [1.82, 2.24) is 4.90 Å². The van der Waals surface area contributed by atoms with Gasteiger partial charge in [-0.15, -0.1) is 0 Å². The van der Waals surface area contributed by atoms with Crippen LogP contribution in [0.3, 0.4) is 0 Å². The Kier molecular flexibility index (Phi) is 5.22. The van der Waals surface area contributed by atoms with Gasteiger partial charge in [-0.25, -0.2) is 0 Å². The number of nitrogens with zero attached hydrogens (tertiary/aromatic N) is 1. The van der Waals surface area contributed by atoms with E-state index in [1.807, 2.05) is 6.92 Å². The van der Waals surface area contributed by atoms with Crippen molar-refractivity contribution in [2.45, 2.75) is 39.0 Å². The third kappa shape index (κ3) is 3.19. The molecule has 0 atom stereocenters. The zero-order valence-corrected chi connectivity index (χ0v) is 10.1. The SMILES string of the molecule is CC1(C(=O)N(CCO)CCO)CCCCC1. The molecule has 0 unspecified atom stereocenters. The highest BCUT2D eigenvalue weighted by molar-refractivity contribution is 5.82. The van der Waals surface area contributed by atoms with Crippen LogP contribution < -0.4 is 0 Å². The molecule has 0 bridgehead atoms. The van der Waals surface area contributed by atoms with Gasteiger partial charge < -0.3 is 15.1 Å². The quantitative estimate of drug-likeness (QED) is 0.732. The maximum absolute atomic E-state index is 12.3. The first kappa shape index (κ1) is 13.5. The minimum atomic E-state index is -0.275. The van der Waals surface area contributed by atoms with E-state index in [1.165, 1.54) is 6.42 Å². The predicted molar refractivity (Wildman–Crippen MR) is 61.9 cm³/mol. The second-order valence-electron chi connectivity index (χ2n) is 4.86. The molecule has 0 spiro atoms. The minimum Gasteiger partial charge on any atom is -0.395 e. The van der Waals surface area contributed by atoms with Crippen molar-refractivity contribution in [2.75, 3.05) is 26.3 Å². The fourth-order valence-corrected chi connectivity index (χ4v) is 2.48. The van der Waals surface area contributed by atoms with Gasteiger partial charge in [0.25, 0.3) is 0 Å². The van der Waals surface area contributed by atoms with Gasteiger partial charge in [0.2, 0.25) is 5.91 Å². The van der Waals surface area contributed by atoms with E-state index in [-0.39, 0.29) is 24.5 Å². The van der Waals surface area contributed by atoms with Gasteiger partial charge >= 0.3 is 0 Å². The van der Waals surface area contributed by atoms with Crippen LogP contribution in [-0.4, -0.2) is 47.3 Å². The molecule has 0 heterocycles. The molecule has 0 aliphatic heterocycles. The molecule has 0 radical (unpaired) electrons. The normalized spacial score (nSPS) is 19.4. The molecular weight excluding hydrogens is 206 g/mol. The van der Waals surface area contributed by atoms with Crippen molar-refractivity contribution in [3.63, 3.8) is 0 Å². The van der Waals surface area contributed by atoms with Crippen LogP contribution in [0.1, 0.15) is 39.0 Å². The van der Waals surface area contributed by atoms with Crippen LogP contribution >= 0.6 is 0 Å². The molecule has 94 valence electrons. The number of hydrogen-bond acceptors (Lipinski definition) is 3. The van der Waals surface area contributed by atoms with E-state index < -0.39 is 0 Å². The molecule has 1 saturated carbocycles. The predicted octanol–water partition coefficient (Wildman–Crippen LogP) is 0.770. The lowest BCUT2D eigenvalue weighted by atomic mass is 9.74. The summed E-state index contributed by atoms with van der Waals surface area (Å²) in [4.78, 5) is 13.9. The average molecular weight is 229 g/mol. The van der Waals surface area contributed by atoms with Gasteiger partial charge in [-0.05, 0) is 12.8 Å². The Morgan fingerprint density at radius 1 is 1.12 bits per heavy atom. The Morgan fingerprint density at radius 3 is 2.06 bits per heavy atom. The Labute approximate surface area is 97.3 Å². The van der Waals surface area contributed by atoms with Gasteiger partial charge in [-0.3, -0.25) is 4.79 Å². The molecule has 1 fully saturated rings. The number of carbonyl (C=O) groups is 1. The van der Waals surface area contributed by atoms with Crippen molar-refractivity contribution < 1.29 is 15.0 Å². The molecule has 0 aromatic heterocycles. The van der Waals surface area contributed by atoms with Crippen molar-refractivity contribution in [3.05, 3.63) is 0 Å². The number of amides is 1. The standard InChI is InChI=1S/C12H23NO3/c1-12(5-3-2-4-6-12)11(16)13(7-9-14)8-10-15/h14-15H,2-10H2,1H3. The van der Waals surface area contributed by atoms with Gasteiger partial charge in [0.15, 0.2) is 0 Å². The Bertz CT molecular complexity index is 218. The van der Waals surface area contributed by atoms with Crippen molar-refractivity contribution in [3.8, 4) is 0 Å². The van der Waals surface area contributed by atoms with Crippen LogP contribution in [0, 0.1) is 5.41 Å². The van der Waals surface area contributed by atoms with Crippen molar-refractivity contribution in [1.29, 1.82) is 0 Å². The van der Waals surface area contributed by atoms with E-state index in [0.717, 1.165) is 25.7 Å². The summed E-state index contributed by atoms with van der Waals surface area (Å²) in [6.45, 7) is 2.59. The second-order valence-corrected chi connectivity index (χ2v) is 4.86. The monoisotopic (exact) mass is 229 g/mol. The van der Waals surface area contributed by atoms with Crippen LogP contribution in [0.2, 0.25) is 0 Å². The summed E-state index contributed by atoms with van der Waals surface area (Å²) < 4.78 is 0. The smallest absolute Gasteiger partial charge is 0.228 e. The van der Waals surface area contributed by atoms with Crippen LogP contribution in [0.4, 0.5) is 0 Å². The summed E-state index contributed by atoms with van der Waals surface area (Å²) in [5, 5.41) is 17.8. The van der Waals surface area contributed by atoms with E-state index >= 15 is 0 Å². The largest absolute Gasteiger partial charge is 0.395 e. The van der Waals surface area contributed by atoms with E-state index in [1.54, 1.807) is 4.90 Å². The number of aliphatic hydroxyl groups excluding tert-OH is 2. The molecule has 1 rings (SSSR count). The van der Waals surface area contributed by atoms with E-state index in [4.69, 9.17) is 10.2 Å². The molecule has 1 aliphatic rings. The lowest BCUT2D eigenvalue weighted by molar-refractivity contribution is -0.144. The zero-order valence-electron chi connectivity index (χ0n) is 10.1. The maximum Gasteiger partial charge on any atom is 0.228 e. The number of hydrogen-bond donors (Lipinski definition) is 2. The number of rotatable bonds is 5. The van der Waals surface area contributed by atoms with Crippen molar-refractivity contribution in [2.24, 2.45) is 5.41 Å². The molecule has 0 aromatic rings. The average Bonchev–Trinajstić information content (AvgIpc) is 2.29. The Hall–Kier alpha value is -0.610. The van der Waals surface area contributed by atoms with E-state index in [0.29, 0.717) is 13.1 Å². The topological polar surface area (TPSA) is 60.8 Å².